The van der Waals surface area contributed by atoms with E-state index in [1.165, 1.54) is 5.57 Å². The molecule has 0 saturated heterocycles. The number of dihydropyridines is 1. The fourth-order valence-corrected chi connectivity index (χ4v) is 1.66. The van der Waals surface area contributed by atoms with E-state index in [9.17, 15) is 0 Å². The first kappa shape index (κ1) is 7.53. The van der Waals surface area contributed by atoms with Crippen LogP contribution in [0.3, 0.4) is 0 Å². The zero-order valence-corrected chi connectivity index (χ0v) is 7.49. The summed E-state index contributed by atoms with van der Waals surface area (Å²) in [5.41, 5.74) is 1.24. The molecule has 2 rings (SSSR count). The monoisotopic (exact) mass is 159 g/mol. The molecule has 0 fully saturated rings. The summed E-state index contributed by atoms with van der Waals surface area (Å²) in [6, 6.07) is 0. The number of hydrogen-bond donors (Lipinski definition) is 0. The first-order valence-corrected chi connectivity index (χ1v) is 4.30. The highest BCUT2D eigenvalue weighted by atomic mass is 14.9. The molecule has 0 aromatic heterocycles. The SMILES string of the molecule is CC1=CC2C=CC=CC2(C)N=C1. The smallest absolute Gasteiger partial charge is 0.0859 e. The Morgan fingerprint density at radius 2 is 2.25 bits per heavy atom. The molecule has 1 aliphatic heterocycles. The van der Waals surface area contributed by atoms with Gasteiger partial charge in [0.1, 0.15) is 0 Å². The Labute approximate surface area is 73.2 Å². The van der Waals surface area contributed by atoms with E-state index in [1.807, 2.05) is 6.21 Å². The van der Waals surface area contributed by atoms with Crippen LogP contribution in [0.1, 0.15) is 13.8 Å². The summed E-state index contributed by atoms with van der Waals surface area (Å²) in [6.45, 7) is 4.26. The van der Waals surface area contributed by atoms with Crippen LogP contribution in [0.5, 0.6) is 0 Å². The van der Waals surface area contributed by atoms with Crippen LogP contribution in [0.25, 0.3) is 0 Å². The van der Waals surface area contributed by atoms with Gasteiger partial charge in [0.05, 0.1) is 5.54 Å². The largest absolute Gasteiger partial charge is 0.281 e. The summed E-state index contributed by atoms with van der Waals surface area (Å²) in [4.78, 5) is 4.53. The summed E-state index contributed by atoms with van der Waals surface area (Å²) in [7, 11) is 0. The molecule has 0 amide bonds. The average molecular weight is 159 g/mol. The average Bonchev–Trinajstić information content (AvgIpc) is 2.06. The zero-order chi connectivity index (χ0) is 8.60. The van der Waals surface area contributed by atoms with Crippen LogP contribution in [-0.2, 0) is 0 Å². The molecule has 0 radical (unpaired) electrons. The lowest BCUT2D eigenvalue weighted by Crippen LogP contribution is -2.31. The van der Waals surface area contributed by atoms with Gasteiger partial charge in [0.15, 0.2) is 0 Å². The van der Waals surface area contributed by atoms with Crippen molar-refractivity contribution < 1.29 is 0 Å². The van der Waals surface area contributed by atoms with E-state index < -0.39 is 0 Å². The minimum Gasteiger partial charge on any atom is -0.281 e. The lowest BCUT2D eigenvalue weighted by Gasteiger charge is -2.32. The maximum Gasteiger partial charge on any atom is 0.0859 e. The lowest BCUT2D eigenvalue weighted by molar-refractivity contribution is 0.492. The van der Waals surface area contributed by atoms with E-state index in [0.29, 0.717) is 5.92 Å². The number of nitrogens with zero attached hydrogens (tertiary/aromatic N) is 1. The van der Waals surface area contributed by atoms with Crippen molar-refractivity contribution >= 4 is 6.21 Å². The van der Waals surface area contributed by atoms with Crippen LogP contribution >= 0.6 is 0 Å². The fraction of sp³-hybridized carbons (Fsp3) is 0.364. The van der Waals surface area contributed by atoms with Gasteiger partial charge in [0.2, 0.25) is 0 Å². The third kappa shape index (κ3) is 1.06. The highest BCUT2D eigenvalue weighted by molar-refractivity contribution is 5.80. The molecule has 1 nitrogen and oxygen atoms in total. The maximum absolute atomic E-state index is 4.53. The third-order valence-electron chi connectivity index (χ3n) is 2.53. The van der Waals surface area contributed by atoms with Gasteiger partial charge in [-0.05, 0) is 19.4 Å². The second-order valence-corrected chi connectivity index (χ2v) is 3.66. The molecule has 0 aromatic carbocycles. The van der Waals surface area contributed by atoms with Crippen molar-refractivity contribution in [1.82, 2.24) is 0 Å². The van der Waals surface area contributed by atoms with E-state index in [-0.39, 0.29) is 5.54 Å². The van der Waals surface area contributed by atoms with Crippen LogP contribution in [0, 0.1) is 5.92 Å². The van der Waals surface area contributed by atoms with E-state index in [2.05, 4.69) is 49.2 Å². The molecule has 1 heterocycles. The predicted octanol–water partition coefficient (Wildman–Crippen LogP) is 2.52. The highest BCUT2D eigenvalue weighted by Gasteiger charge is 2.30. The third-order valence-corrected chi connectivity index (χ3v) is 2.53. The normalized spacial score (nSPS) is 37.8. The van der Waals surface area contributed by atoms with Crippen molar-refractivity contribution in [2.75, 3.05) is 0 Å². The Hall–Kier alpha value is -1.11. The summed E-state index contributed by atoms with van der Waals surface area (Å²) in [5, 5.41) is 0. The van der Waals surface area contributed by atoms with Gasteiger partial charge in [-0.2, -0.15) is 0 Å². The Morgan fingerprint density at radius 3 is 3.08 bits per heavy atom. The van der Waals surface area contributed by atoms with Crippen molar-refractivity contribution in [3.05, 3.63) is 36.0 Å². The Kier molecular flexibility index (Phi) is 1.53. The molecule has 12 heavy (non-hydrogen) atoms. The molecule has 0 aromatic rings. The van der Waals surface area contributed by atoms with Gasteiger partial charge in [-0.1, -0.05) is 30.4 Å². The van der Waals surface area contributed by atoms with Gasteiger partial charge in [-0.25, -0.2) is 0 Å². The van der Waals surface area contributed by atoms with Gasteiger partial charge in [-0.3, -0.25) is 4.99 Å². The highest BCUT2D eigenvalue weighted by Crippen LogP contribution is 2.32. The second-order valence-electron chi connectivity index (χ2n) is 3.66. The van der Waals surface area contributed by atoms with Crippen molar-refractivity contribution in [2.24, 2.45) is 10.9 Å². The molecule has 2 unspecified atom stereocenters. The molecule has 1 aliphatic carbocycles. The van der Waals surface area contributed by atoms with Crippen molar-refractivity contribution in [2.45, 2.75) is 19.4 Å². The van der Waals surface area contributed by atoms with E-state index in [1.54, 1.807) is 0 Å². The number of aliphatic imine (C=N–C) groups is 1. The van der Waals surface area contributed by atoms with Crippen molar-refractivity contribution in [3.63, 3.8) is 0 Å². The van der Waals surface area contributed by atoms with Crippen LogP contribution in [0.15, 0.2) is 40.9 Å². The van der Waals surface area contributed by atoms with Gasteiger partial charge in [0, 0.05) is 12.1 Å². The van der Waals surface area contributed by atoms with E-state index in [0.717, 1.165) is 0 Å². The minimum absolute atomic E-state index is 0.0196. The van der Waals surface area contributed by atoms with E-state index in [4.69, 9.17) is 0 Å². The molecular weight excluding hydrogens is 146 g/mol. The molecule has 2 atom stereocenters. The Balaban J connectivity index is 2.40. The number of hydrogen-bond acceptors (Lipinski definition) is 1. The molecular formula is C11H13N. The van der Waals surface area contributed by atoms with Crippen LogP contribution < -0.4 is 0 Å². The Morgan fingerprint density at radius 1 is 1.42 bits per heavy atom. The molecule has 0 N–H and O–H groups in total. The van der Waals surface area contributed by atoms with Gasteiger partial charge >= 0.3 is 0 Å². The van der Waals surface area contributed by atoms with Crippen molar-refractivity contribution in [3.8, 4) is 0 Å². The number of allylic oxidation sites excluding steroid dienone is 3. The summed E-state index contributed by atoms with van der Waals surface area (Å²) >= 11 is 0. The molecule has 1 heteroatoms. The van der Waals surface area contributed by atoms with Crippen molar-refractivity contribution in [1.29, 1.82) is 0 Å². The maximum atomic E-state index is 4.53. The first-order chi connectivity index (χ1) is 5.71. The van der Waals surface area contributed by atoms with Gasteiger partial charge < -0.3 is 0 Å². The Bertz CT molecular complexity index is 307. The summed E-state index contributed by atoms with van der Waals surface area (Å²) in [6.07, 6.45) is 12.8. The topological polar surface area (TPSA) is 12.4 Å². The zero-order valence-electron chi connectivity index (χ0n) is 7.49. The second kappa shape index (κ2) is 2.44. The number of rotatable bonds is 0. The summed E-state index contributed by atoms with van der Waals surface area (Å²) in [5.74, 6) is 0.451. The summed E-state index contributed by atoms with van der Waals surface area (Å²) < 4.78 is 0. The predicted molar refractivity (Wildman–Crippen MR) is 52.4 cm³/mol. The van der Waals surface area contributed by atoms with Gasteiger partial charge in [0.25, 0.3) is 0 Å². The molecule has 0 spiro atoms. The van der Waals surface area contributed by atoms with E-state index >= 15 is 0 Å². The molecule has 0 bridgehead atoms. The molecule has 2 aliphatic rings. The quantitative estimate of drug-likeness (QED) is 0.515. The molecule has 0 saturated carbocycles. The van der Waals surface area contributed by atoms with Gasteiger partial charge in [-0.15, -0.1) is 0 Å². The minimum atomic E-state index is -0.0196. The first-order valence-electron chi connectivity index (χ1n) is 4.30. The van der Waals surface area contributed by atoms with Crippen LogP contribution in [0.2, 0.25) is 0 Å². The van der Waals surface area contributed by atoms with Crippen LogP contribution in [-0.4, -0.2) is 11.8 Å². The lowest BCUT2D eigenvalue weighted by atomic mass is 9.80. The fourth-order valence-electron chi connectivity index (χ4n) is 1.66. The van der Waals surface area contributed by atoms with Crippen LogP contribution in [0.4, 0.5) is 0 Å². The molecule has 62 valence electrons. The number of fused-ring (bicyclic) bond motifs is 1. The standard InChI is InChI=1S/C11H13N/c1-9-7-10-5-3-4-6-11(10,2)12-8-9/h3-8,10H,1-2H3.